The molecule has 3 amide bonds. The van der Waals surface area contributed by atoms with E-state index in [9.17, 15) is 9.59 Å². The molecule has 7 nitrogen and oxygen atoms in total. The summed E-state index contributed by atoms with van der Waals surface area (Å²) in [6, 6.07) is 24.7. The largest absolute Gasteiger partial charge is 0.497 e. The fraction of sp³-hybridized carbons (Fsp3) is 0.250. The van der Waals surface area contributed by atoms with Crippen LogP contribution in [0.1, 0.15) is 42.3 Å². The zero-order valence-electron chi connectivity index (χ0n) is 23.0. The summed E-state index contributed by atoms with van der Waals surface area (Å²) in [4.78, 5) is 31.1. The number of carbonyl (C=O) groups excluding carboxylic acids is 2. The van der Waals surface area contributed by atoms with Crippen LogP contribution in [0.15, 0.2) is 85.1 Å². The van der Waals surface area contributed by atoms with Gasteiger partial charge in [-0.25, -0.2) is 4.79 Å². The molecule has 0 radical (unpaired) electrons. The number of benzene rings is 3. The number of rotatable bonds is 6. The smallest absolute Gasteiger partial charge is 0.322 e. The van der Waals surface area contributed by atoms with E-state index in [2.05, 4.69) is 9.88 Å². The Balaban J connectivity index is 1.51. The van der Waals surface area contributed by atoms with Gasteiger partial charge in [0, 0.05) is 17.9 Å². The molecular formula is C32H34N4O3. The molecule has 0 aliphatic carbocycles. The van der Waals surface area contributed by atoms with E-state index in [1.54, 1.807) is 12.0 Å². The van der Waals surface area contributed by atoms with Gasteiger partial charge in [0.1, 0.15) is 18.3 Å². The number of nitrogens with zero attached hydrogens (tertiary/aromatic N) is 3. The highest BCUT2D eigenvalue weighted by Gasteiger charge is 2.37. The second-order valence-corrected chi connectivity index (χ2v) is 10.2. The number of methoxy groups -OCH3 is 1. The average molecular weight is 523 g/mol. The molecule has 1 aromatic heterocycles. The summed E-state index contributed by atoms with van der Waals surface area (Å²) in [5, 5.41) is 3.01. The number of urea groups is 1. The minimum atomic E-state index is -0.371. The normalized spacial score (nSPS) is 14.0. The minimum Gasteiger partial charge on any atom is -0.497 e. The van der Waals surface area contributed by atoms with Gasteiger partial charge in [-0.2, -0.15) is 0 Å². The van der Waals surface area contributed by atoms with Crippen LogP contribution in [0.4, 0.5) is 16.2 Å². The number of aromatic nitrogens is 1. The van der Waals surface area contributed by atoms with Gasteiger partial charge in [0.25, 0.3) is 0 Å². The molecule has 0 fully saturated rings. The summed E-state index contributed by atoms with van der Waals surface area (Å²) in [6.07, 6.45) is 2.02. The second kappa shape index (κ2) is 10.7. The van der Waals surface area contributed by atoms with E-state index in [4.69, 9.17) is 4.74 Å². The Hall–Kier alpha value is -4.52. The Morgan fingerprint density at radius 2 is 1.67 bits per heavy atom. The van der Waals surface area contributed by atoms with E-state index in [-0.39, 0.29) is 30.6 Å². The predicted molar refractivity (Wildman–Crippen MR) is 155 cm³/mol. The van der Waals surface area contributed by atoms with Crippen LogP contribution >= 0.6 is 0 Å². The van der Waals surface area contributed by atoms with E-state index in [1.807, 2.05) is 118 Å². The summed E-state index contributed by atoms with van der Waals surface area (Å²) in [7, 11) is 1.64. The van der Waals surface area contributed by atoms with Crippen LogP contribution in [0.2, 0.25) is 0 Å². The highest BCUT2D eigenvalue weighted by Crippen LogP contribution is 2.42. The maximum atomic E-state index is 14.3. The first-order chi connectivity index (χ1) is 18.8. The van der Waals surface area contributed by atoms with E-state index >= 15 is 0 Å². The van der Waals surface area contributed by atoms with Gasteiger partial charge in [-0.1, -0.05) is 42.0 Å². The summed E-state index contributed by atoms with van der Waals surface area (Å²) in [6.45, 7) is 7.75. The van der Waals surface area contributed by atoms with Crippen LogP contribution < -0.4 is 15.0 Å². The monoisotopic (exact) mass is 522 g/mol. The van der Waals surface area contributed by atoms with Crippen molar-refractivity contribution in [2.75, 3.05) is 23.9 Å². The van der Waals surface area contributed by atoms with Crippen LogP contribution in [0, 0.1) is 13.8 Å². The summed E-state index contributed by atoms with van der Waals surface area (Å²) >= 11 is 0. The number of amides is 3. The van der Waals surface area contributed by atoms with Crippen LogP contribution in [0.5, 0.6) is 5.75 Å². The van der Waals surface area contributed by atoms with Crippen LogP contribution in [0.3, 0.4) is 0 Å². The van der Waals surface area contributed by atoms with Gasteiger partial charge in [0.2, 0.25) is 5.91 Å². The third kappa shape index (κ3) is 5.00. The molecule has 1 aliphatic rings. The number of fused-ring (bicyclic) bond motifs is 3. The Kier molecular flexibility index (Phi) is 7.15. The van der Waals surface area contributed by atoms with Crippen molar-refractivity contribution < 1.29 is 14.3 Å². The molecule has 0 saturated heterocycles. The molecule has 1 N–H and O–H groups in total. The lowest BCUT2D eigenvalue weighted by molar-refractivity contribution is -0.119. The third-order valence-corrected chi connectivity index (χ3v) is 7.23. The van der Waals surface area contributed by atoms with E-state index in [0.717, 1.165) is 45.2 Å². The Bertz CT molecular complexity index is 1510. The molecule has 0 spiro atoms. The second-order valence-electron chi connectivity index (χ2n) is 10.2. The number of ether oxygens (including phenoxy) is 1. The van der Waals surface area contributed by atoms with Gasteiger partial charge in [0.05, 0.1) is 24.2 Å². The van der Waals surface area contributed by atoms with Crippen molar-refractivity contribution in [2.45, 2.75) is 39.8 Å². The van der Waals surface area contributed by atoms with Crippen molar-refractivity contribution in [3.63, 3.8) is 0 Å². The standard InChI is InChI=1S/C32H34N4O3/c1-21(2)35(32(38)33-26-17-12-22(3)19-23(26)4)20-30(37)36-28-10-7-6-9-27(28)34-18-8-11-29(34)31(36)24-13-15-25(39-5)16-14-24/h6-19,21,31H,20H2,1-5H3,(H,33,38). The van der Waals surface area contributed by atoms with Gasteiger partial charge < -0.3 is 19.5 Å². The molecule has 2 heterocycles. The number of hydrogen-bond acceptors (Lipinski definition) is 3. The number of hydrogen-bond donors (Lipinski definition) is 1. The fourth-order valence-electron chi connectivity index (χ4n) is 5.22. The first-order valence-corrected chi connectivity index (χ1v) is 13.2. The van der Waals surface area contributed by atoms with Crippen molar-refractivity contribution in [1.29, 1.82) is 0 Å². The minimum absolute atomic E-state index is 0.0733. The summed E-state index contributed by atoms with van der Waals surface area (Å²) in [5.41, 5.74) is 6.48. The van der Waals surface area contributed by atoms with Crippen molar-refractivity contribution in [3.8, 4) is 11.4 Å². The van der Waals surface area contributed by atoms with E-state index < -0.39 is 0 Å². The molecule has 3 aromatic carbocycles. The summed E-state index contributed by atoms with van der Waals surface area (Å²) in [5.74, 6) is 0.581. The lowest BCUT2D eigenvalue weighted by Crippen LogP contribution is -2.49. The zero-order valence-corrected chi connectivity index (χ0v) is 23.0. The Morgan fingerprint density at radius 3 is 2.33 bits per heavy atom. The van der Waals surface area contributed by atoms with Gasteiger partial charge in [-0.15, -0.1) is 0 Å². The van der Waals surface area contributed by atoms with Crippen LogP contribution in [-0.4, -0.2) is 41.1 Å². The Labute approximate surface area is 229 Å². The molecule has 0 saturated carbocycles. The zero-order chi connectivity index (χ0) is 27.7. The number of anilines is 2. The molecule has 5 rings (SSSR count). The molecule has 4 aromatic rings. The third-order valence-electron chi connectivity index (χ3n) is 7.23. The maximum Gasteiger partial charge on any atom is 0.322 e. The van der Waals surface area contributed by atoms with E-state index in [0.29, 0.717) is 0 Å². The molecule has 0 bridgehead atoms. The first-order valence-electron chi connectivity index (χ1n) is 13.2. The SMILES string of the molecule is COc1ccc(C2c3cccn3-c3ccccc3N2C(=O)CN(C(=O)Nc2ccc(C)cc2C)C(C)C)cc1. The van der Waals surface area contributed by atoms with Crippen molar-refractivity contribution in [3.05, 3.63) is 107 Å². The molecule has 39 heavy (non-hydrogen) atoms. The fourth-order valence-corrected chi connectivity index (χ4v) is 5.22. The number of para-hydroxylation sites is 2. The first kappa shape index (κ1) is 26.1. The lowest BCUT2D eigenvalue weighted by atomic mass is 9.97. The van der Waals surface area contributed by atoms with E-state index in [1.165, 1.54) is 0 Å². The van der Waals surface area contributed by atoms with Gasteiger partial charge in [-0.05, 0) is 81.3 Å². The number of carbonyl (C=O) groups is 2. The molecular weight excluding hydrogens is 488 g/mol. The van der Waals surface area contributed by atoms with Gasteiger partial charge in [-0.3, -0.25) is 9.69 Å². The Morgan fingerprint density at radius 1 is 0.949 bits per heavy atom. The van der Waals surface area contributed by atoms with Gasteiger partial charge >= 0.3 is 6.03 Å². The highest BCUT2D eigenvalue weighted by molar-refractivity contribution is 6.01. The van der Waals surface area contributed by atoms with Crippen molar-refractivity contribution >= 4 is 23.3 Å². The molecule has 1 aliphatic heterocycles. The van der Waals surface area contributed by atoms with Gasteiger partial charge in [0.15, 0.2) is 0 Å². The van der Waals surface area contributed by atoms with Crippen LogP contribution in [0.25, 0.3) is 5.69 Å². The number of aryl methyl sites for hydroxylation is 2. The van der Waals surface area contributed by atoms with Crippen molar-refractivity contribution in [2.24, 2.45) is 0 Å². The molecule has 7 heteroatoms. The summed E-state index contributed by atoms with van der Waals surface area (Å²) < 4.78 is 7.50. The average Bonchev–Trinajstić information content (AvgIpc) is 3.42. The maximum absolute atomic E-state index is 14.3. The topological polar surface area (TPSA) is 66.8 Å². The number of nitrogens with one attached hydrogen (secondary N) is 1. The molecule has 1 unspecified atom stereocenters. The highest BCUT2D eigenvalue weighted by atomic mass is 16.5. The lowest BCUT2D eigenvalue weighted by Gasteiger charge is -2.40. The predicted octanol–water partition coefficient (Wildman–Crippen LogP) is 6.48. The van der Waals surface area contributed by atoms with Crippen molar-refractivity contribution in [1.82, 2.24) is 9.47 Å². The molecule has 200 valence electrons. The molecule has 1 atom stereocenters. The van der Waals surface area contributed by atoms with Crippen LogP contribution in [-0.2, 0) is 4.79 Å². The quantitative estimate of drug-likeness (QED) is 0.315.